The molecule has 1 saturated heterocycles. The van der Waals surface area contributed by atoms with Crippen molar-refractivity contribution in [3.63, 3.8) is 0 Å². The standard InChI is InChI=1S/C23H28FN3O3S/c24-9-12-28-13-14-29-15-16-30-19-7-10-27(11-8-19)22-6-5-18(17-25-22)23-26-20-3-1-2-4-21(20)31-23/h1-6,17,19H,7-16H2. The normalized spacial score (nSPS) is 15.1. The lowest BCUT2D eigenvalue weighted by Gasteiger charge is -2.32. The predicted molar refractivity (Wildman–Crippen MR) is 122 cm³/mol. The van der Waals surface area contributed by atoms with Crippen LogP contribution in [-0.4, -0.2) is 68.9 Å². The number of thiazole rings is 1. The minimum atomic E-state index is -0.454. The molecule has 0 unspecified atom stereocenters. The maximum Gasteiger partial charge on any atom is 0.128 e. The smallest absolute Gasteiger partial charge is 0.128 e. The molecule has 0 atom stereocenters. The van der Waals surface area contributed by atoms with Crippen LogP contribution in [0.2, 0.25) is 0 Å². The SMILES string of the molecule is FCCOCCOCCOC1CCN(c2ccc(-c3nc4ccccc4s3)cn2)CC1. The molecule has 1 aliphatic rings. The van der Waals surface area contributed by atoms with E-state index in [-0.39, 0.29) is 12.7 Å². The Hall–Kier alpha value is -2.13. The van der Waals surface area contributed by atoms with E-state index in [9.17, 15) is 4.39 Å². The number of fused-ring (bicyclic) bond motifs is 1. The highest BCUT2D eigenvalue weighted by molar-refractivity contribution is 7.21. The highest BCUT2D eigenvalue weighted by Gasteiger charge is 2.20. The van der Waals surface area contributed by atoms with Crippen LogP contribution in [-0.2, 0) is 14.2 Å². The molecule has 2 aromatic heterocycles. The van der Waals surface area contributed by atoms with Gasteiger partial charge in [-0.1, -0.05) is 12.1 Å². The Morgan fingerprint density at radius 2 is 1.74 bits per heavy atom. The van der Waals surface area contributed by atoms with Gasteiger partial charge in [0.1, 0.15) is 17.5 Å². The molecule has 3 aromatic rings. The van der Waals surface area contributed by atoms with Crippen LogP contribution in [0.5, 0.6) is 0 Å². The summed E-state index contributed by atoms with van der Waals surface area (Å²) in [5.74, 6) is 1.000. The van der Waals surface area contributed by atoms with Crippen molar-refractivity contribution in [1.82, 2.24) is 9.97 Å². The average Bonchev–Trinajstić information content (AvgIpc) is 3.26. The molecule has 0 amide bonds. The van der Waals surface area contributed by atoms with Gasteiger partial charge >= 0.3 is 0 Å². The van der Waals surface area contributed by atoms with Crippen LogP contribution in [0.3, 0.4) is 0 Å². The first-order chi connectivity index (χ1) is 15.3. The molecule has 0 N–H and O–H groups in total. The Labute approximate surface area is 186 Å². The summed E-state index contributed by atoms with van der Waals surface area (Å²) in [7, 11) is 0. The number of halogens is 1. The van der Waals surface area contributed by atoms with Gasteiger partial charge in [-0.15, -0.1) is 11.3 Å². The number of ether oxygens (including phenoxy) is 3. The summed E-state index contributed by atoms with van der Waals surface area (Å²) in [5, 5.41) is 1.00. The molecule has 1 aromatic carbocycles. The molecular formula is C23H28FN3O3S. The molecule has 6 nitrogen and oxygen atoms in total. The topological polar surface area (TPSA) is 56.7 Å². The quantitative estimate of drug-likeness (QED) is 0.409. The minimum Gasteiger partial charge on any atom is -0.377 e. The summed E-state index contributed by atoms with van der Waals surface area (Å²) in [6.45, 7) is 3.54. The zero-order valence-electron chi connectivity index (χ0n) is 17.5. The van der Waals surface area contributed by atoms with Gasteiger partial charge in [-0.3, -0.25) is 0 Å². The highest BCUT2D eigenvalue weighted by Crippen LogP contribution is 2.30. The van der Waals surface area contributed by atoms with E-state index in [1.165, 1.54) is 4.70 Å². The van der Waals surface area contributed by atoms with E-state index in [4.69, 9.17) is 19.2 Å². The average molecular weight is 446 g/mol. The number of pyridine rings is 1. The number of nitrogens with zero attached hydrogens (tertiary/aromatic N) is 3. The number of para-hydroxylation sites is 1. The van der Waals surface area contributed by atoms with Crippen molar-refractivity contribution in [1.29, 1.82) is 0 Å². The van der Waals surface area contributed by atoms with Crippen LogP contribution < -0.4 is 4.90 Å². The van der Waals surface area contributed by atoms with Crippen molar-refractivity contribution in [2.75, 3.05) is 57.7 Å². The maximum atomic E-state index is 11.9. The lowest BCUT2D eigenvalue weighted by molar-refractivity contribution is -0.0187. The maximum absolute atomic E-state index is 11.9. The first-order valence-electron chi connectivity index (χ1n) is 10.7. The molecule has 8 heteroatoms. The molecule has 1 aliphatic heterocycles. The zero-order valence-corrected chi connectivity index (χ0v) is 18.4. The Kier molecular flexibility index (Phi) is 8.17. The van der Waals surface area contributed by atoms with Crippen molar-refractivity contribution in [3.8, 4) is 10.6 Å². The lowest BCUT2D eigenvalue weighted by atomic mass is 10.1. The van der Waals surface area contributed by atoms with Crippen LogP contribution >= 0.6 is 11.3 Å². The summed E-state index contributed by atoms with van der Waals surface area (Å²) in [6.07, 6.45) is 4.12. The Morgan fingerprint density at radius 1 is 0.968 bits per heavy atom. The van der Waals surface area contributed by atoms with Crippen molar-refractivity contribution in [2.24, 2.45) is 0 Å². The lowest BCUT2D eigenvalue weighted by Crippen LogP contribution is -2.37. The van der Waals surface area contributed by atoms with Crippen LogP contribution in [0.4, 0.5) is 10.2 Å². The van der Waals surface area contributed by atoms with Gasteiger partial charge in [0.2, 0.25) is 0 Å². The first-order valence-corrected chi connectivity index (χ1v) is 11.5. The molecule has 0 spiro atoms. The van der Waals surface area contributed by atoms with Gasteiger partial charge in [0.25, 0.3) is 0 Å². The number of hydrogen-bond acceptors (Lipinski definition) is 7. The summed E-state index contributed by atoms with van der Waals surface area (Å²) in [5.41, 5.74) is 2.09. The number of aromatic nitrogens is 2. The van der Waals surface area contributed by atoms with Crippen LogP contribution in [0.25, 0.3) is 20.8 Å². The van der Waals surface area contributed by atoms with Gasteiger partial charge in [-0.05, 0) is 37.1 Å². The fourth-order valence-corrected chi connectivity index (χ4v) is 4.55. The van der Waals surface area contributed by atoms with Gasteiger partial charge < -0.3 is 19.1 Å². The van der Waals surface area contributed by atoms with Gasteiger partial charge in [-0.25, -0.2) is 14.4 Å². The Bertz CT molecular complexity index is 896. The van der Waals surface area contributed by atoms with E-state index in [1.807, 2.05) is 24.4 Å². The molecule has 166 valence electrons. The third-order valence-electron chi connectivity index (χ3n) is 5.23. The number of hydrogen-bond donors (Lipinski definition) is 0. The highest BCUT2D eigenvalue weighted by atomic mass is 32.1. The second-order valence-electron chi connectivity index (χ2n) is 7.36. The largest absolute Gasteiger partial charge is 0.377 e. The van der Waals surface area contributed by atoms with Gasteiger partial charge in [0.05, 0.1) is 49.4 Å². The molecule has 31 heavy (non-hydrogen) atoms. The summed E-state index contributed by atoms with van der Waals surface area (Å²) in [4.78, 5) is 11.7. The molecule has 0 aliphatic carbocycles. The summed E-state index contributed by atoms with van der Waals surface area (Å²) < 4.78 is 29.5. The second-order valence-corrected chi connectivity index (χ2v) is 8.39. The molecule has 0 radical (unpaired) electrons. The second kappa shape index (κ2) is 11.5. The van der Waals surface area contributed by atoms with Crippen molar-refractivity contribution in [3.05, 3.63) is 42.6 Å². The van der Waals surface area contributed by atoms with Crippen LogP contribution in [0.1, 0.15) is 12.8 Å². The molecular weight excluding hydrogens is 417 g/mol. The third kappa shape index (κ3) is 6.20. The fourth-order valence-electron chi connectivity index (χ4n) is 3.60. The van der Waals surface area contributed by atoms with E-state index < -0.39 is 6.67 Å². The number of rotatable bonds is 11. The minimum absolute atomic E-state index is 0.137. The van der Waals surface area contributed by atoms with Crippen LogP contribution in [0.15, 0.2) is 42.6 Å². The molecule has 0 bridgehead atoms. The summed E-state index contributed by atoms with van der Waals surface area (Å²) >= 11 is 1.69. The van der Waals surface area contributed by atoms with E-state index in [2.05, 4.69) is 28.1 Å². The fraction of sp³-hybridized carbons (Fsp3) is 0.478. The predicted octanol–water partition coefficient (Wildman–Crippen LogP) is 4.35. The van der Waals surface area contributed by atoms with E-state index in [1.54, 1.807) is 11.3 Å². The van der Waals surface area contributed by atoms with E-state index >= 15 is 0 Å². The summed E-state index contributed by atoms with van der Waals surface area (Å²) in [6, 6.07) is 12.4. The third-order valence-corrected chi connectivity index (χ3v) is 6.31. The first kappa shape index (κ1) is 22.1. The molecule has 4 rings (SSSR count). The number of piperidine rings is 1. The van der Waals surface area contributed by atoms with Crippen LogP contribution in [0, 0.1) is 0 Å². The number of benzene rings is 1. The van der Waals surface area contributed by atoms with Crippen molar-refractivity contribution < 1.29 is 18.6 Å². The molecule has 3 heterocycles. The zero-order chi connectivity index (χ0) is 21.3. The monoisotopic (exact) mass is 445 g/mol. The molecule has 0 saturated carbocycles. The number of anilines is 1. The van der Waals surface area contributed by atoms with E-state index in [0.29, 0.717) is 26.4 Å². The Balaban J connectivity index is 1.19. The van der Waals surface area contributed by atoms with Crippen molar-refractivity contribution in [2.45, 2.75) is 18.9 Å². The molecule has 1 fully saturated rings. The van der Waals surface area contributed by atoms with Gasteiger partial charge in [0, 0.05) is 24.8 Å². The Morgan fingerprint density at radius 3 is 2.48 bits per heavy atom. The number of alkyl halides is 1. The van der Waals surface area contributed by atoms with Gasteiger partial charge in [-0.2, -0.15) is 0 Å². The van der Waals surface area contributed by atoms with Gasteiger partial charge in [0.15, 0.2) is 0 Å². The van der Waals surface area contributed by atoms with E-state index in [0.717, 1.165) is 47.8 Å². The van der Waals surface area contributed by atoms with Crippen molar-refractivity contribution >= 4 is 27.4 Å².